The third-order valence-corrected chi connectivity index (χ3v) is 11.1. The molecule has 4 nitrogen and oxygen atoms in total. The molecule has 0 radical (unpaired) electrons. The lowest BCUT2D eigenvalue weighted by atomic mass is 9.42. The van der Waals surface area contributed by atoms with Crippen molar-refractivity contribution >= 4 is 11.9 Å². The van der Waals surface area contributed by atoms with Crippen molar-refractivity contribution in [3.05, 3.63) is 35.4 Å². The van der Waals surface area contributed by atoms with Gasteiger partial charge in [0.25, 0.3) is 0 Å². The van der Waals surface area contributed by atoms with Crippen molar-refractivity contribution in [2.75, 3.05) is 0 Å². The first-order valence-electron chi connectivity index (χ1n) is 12.8. The highest BCUT2D eigenvalue weighted by Crippen LogP contribution is 2.67. The second kappa shape index (κ2) is 5.98. The minimum Gasteiger partial charge on any atom is -0.481 e. The maximum absolute atomic E-state index is 12.3. The van der Waals surface area contributed by atoms with Crippen LogP contribution in [0.25, 0.3) is 0 Å². The molecule has 0 unspecified atom stereocenters. The van der Waals surface area contributed by atoms with Gasteiger partial charge in [0.1, 0.15) is 0 Å². The summed E-state index contributed by atoms with van der Waals surface area (Å²) in [6, 6.07) is 9.24. The van der Waals surface area contributed by atoms with Gasteiger partial charge in [-0.15, -0.1) is 0 Å². The third kappa shape index (κ3) is 2.45. The highest BCUT2D eigenvalue weighted by molar-refractivity contribution is 5.76. The lowest BCUT2D eigenvalue weighted by molar-refractivity contribution is -0.168. The van der Waals surface area contributed by atoms with Crippen LogP contribution in [-0.2, 0) is 20.4 Å². The number of aliphatic carboxylic acids is 2. The third-order valence-electron chi connectivity index (χ3n) is 11.1. The first-order valence-corrected chi connectivity index (χ1v) is 12.8. The molecule has 170 valence electrons. The van der Waals surface area contributed by atoms with Crippen LogP contribution in [0.15, 0.2) is 24.3 Å². The van der Waals surface area contributed by atoms with Crippen LogP contribution in [0.2, 0.25) is 0 Å². The Bertz CT molecular complexity index is 898. The van der Waals surface area contributed by atoms with E-state index in [9.17, 15) is 19.8 Å². The predicted octanol–water partition coefficient (Wildman–Crippen LogP) is 5.53. The number of carboxylic acid groups (broad SMARTS) is 2. The van der Waals surface area contributed by atoms with E-state index in [0.29, 0.717) is 23.7 Å². The summed E-state index contributed by atoms with van der Waals surface area (Å²) in [5.41, 5.74) is 1.75. The lowest BCUT2D eigenvalue weighted by Gasteiger charge is -2.61. The molecule has 1 aromatic rings. The molecule has 0 amide bonds. The Labute approximate surface area is 189 Å². The molecule has 1 aromatic carbocycles. The summed E-state index contributed by atoms with van der Waals surface area (Å²) in [4.78, 5) is 24.6. The molecule has 32 heavy (non-hydrogen) atoms. The lowest BCUT2D eigenvalue weighted by Crippen LogP contribution is -2.57. The Morgan fingerprint density at radius 3 is 1.19 bits per heavy atom. The van der Waals surface area contributed by atoms with E-state index in [4.69, 9.17) is 0 Å². The fraction of sp³-hybridized carbons (Fsp3) is 0.714. The van der Waals surface area contributed by atoms with Crippen LogP contribution in [0.5, 0.6) is 0 Å². The summed E-state index contributed by atoms with van der Waals surface area (Å²) in [7, 11) is 0. The van der Waals surface area contributed by atoms with Gasteiger partial charge >= 0.3 is 11.9 Å². The zero-order chi connectivity index (χ0) is 21.9. The second-order valence-corrected chi connectivity index (χ2v) is 13.2. The fourth-order valence-electron chi connectivity index (χ4n) is 10.9. The molecular formula is C28H34O4. The summed E-state index contributed by atoms with van der Waals surface area (Å²) in [6.07, 6.45) is 12.1. The molecule has 0 spiro atoms. The molecular weight excluding hydrogens is 400 g/mol. The van der Waals surface area contributed by atoms with Gasteiger partial charge in [0, 0.05) is 0 Å². The highest BCUT2D eigenvalue weighted by atomic mass is 16.4. The first kappa shape index (κ1) is 19.6. The maximum Gasteiger partial charge on any atom is 0.309 e. The van der Waals surface area contributed by atoms with Gasteiger partial charge in [0.05, 0.1) is 10.8 Å². The monoisotopic (exact) mass is 434 g/mol. The fourth-order valence-corrected chi connectivity index (χ4v) is 10.9. The van der Waals surface area contributed by atoms with Gasteiger partial charge in [-0.05, 0) is 123 Å². The van der Waals surface area contributed by atoms with Gasteiger partial charge in [-0.25, -0.2) is 0 Å². The standard InChI is InChI=1S/C28H34O4/c29-23(30)27-11-17-5-18(12-27)8-25(7-17,15-27)21-1-2-22(4-3-21)26-9-19-6-20(10-26)14-28(13-19,16-26)24(31)32/h1-4,17-20H,5-16H2,(H,29,30)(H,31,32)/t17-,18-,19-,20-,25?,26?,27?,28?/m0/s1. The number of carboxylic acids is 2. The van der Waals surface area contributed by atoms with E-state index in [1.54, 1.807) is 0 Å². The van der Waals surface area contributed by atoms with Crippen molar-refractivity contribution in [2.24, 2.45) is 34.5 Å². The van der Waals surface area contributed by atoms with Crippen LogP contribution < -0.4 is 0 Å². The molecule has 0 saturated heterocycles. The maximum atomic E-state index is 12.3. The molecule has 8 aliphatic rings. The van der Waals surface area contributed by atoms with Crippen molar-refractivity contribution in [3.8, 4) is 0 Å². The second-order valence-electron chi connectivity index (χ2n) is 13.2. The number of hydrogen-bond acceptors (Lipinski definition) is 2. The zero-order valence-corrected chi connectivity index (χ0v) is 18.8. The van der Waals surface area contributed by atoms with Crippen molar-refractivity contribution in [2.45, 2.75) is 87.9 Å². The first-order chi connectivity index (χ1) is 15.2. The molecule has 4 heteroatoms. The Kier molecular flexibility index (Phi) is 3.67. The molecule has 0 heterocycles. The van der Waals surface area contributed by atoms with E-state index in [1.807, 2.05) is 0 Å². The van der Waals surface area contributed by atoms with Gasteiger partial charge < -0.3 is 10.2 Å². The quantitative estimate of drug-likeness (QED) is 0.653. The van der Waals surface area contributed by atoms with Crippen molar-refractivity contribution < 1.29 is 19.8 Å². The molecule has 8 bridgehead atoms. The highest BCUT2D eigenvalue weighted by Gasteiger charge is 2.63. The molecule has 9 rings (SSSR count). The molecule has 8 saturated carbocycles. The van der Waals surface area contributed by atoms with Crippen LogP contribution >= 0.6 is 0 Å². The topological polar surface area (TPSA) is 74.6 Å². The minimum absolute atomic E-state index is 0.0325. The average molecular weight is 435 g/mol. The summed E-state index contributed by atoms with van der Waals surface area (Å²) >= 11 is 0. The number of benzene rings is 1. The Balaban J connectivity index is 1.23. The van der Waals surface area contributed by atoms with Gasteiger partial charge in [-0.2, -0.15) is 0 Å². The van der Waals surface area contributed by atoms with E-state index in [2.05, 4.69) is 24.3 Å². The Hall–Kier alpha value is -1.84. The van der Waals surface area contributed by atoms with E-state index in [0.717, 1.165) is 64.2 Å². The smallest absolute Gasteiger partial charge is 0.309 e. The Morgan fingerprint density at radius 1 is 0.594 bits per heavy atom. The van der Waals surface area contributed by atoms with Crippen LogP contribution in [0.4, 0.5) is 0 Å². The Morgan fingerprint density at radius 2 is 0.906 bits per heavy atom. The molecule has 4 atom stereocenters. The number of hydrogen-bond donors (Lipinski definition) is 2. The van der Waals surface area contributed by atoms with E-state index < -0.39 is 22.8 Å². The molecule has 2 N–H and O–H groups in total. The largest absolute Gasteiger partial charge is 0.481 e. The SMILES string of the molecule is O=C(O)C12C[C@H]3C[C@H](C1)CC(c1ccc(C45C[C@@H]6C[C@H](CC(C(=O)O)(C6)C4)C5)cc1)(C3)C2. The van der Waals surface area contributed by atoms with Gasteiger partial charge in [-0.1, -0.05) is 24.3 Å². The van der Waals surface area contributed by atoms with Crippen LogP contribution in [0, 0.1) is 34.5 Å². The van der Waals surface area contributed by atoms with Gasteiger partial charge in [0.2, 0.25) is 0 Å². The van der Waals surface area contributed by atoms with Crippen LogP contribution in [0.1, 0.15) is 88.2 Å². The average Bonchev–Trinajstić information content (AvgIpc) is 2.72. The van der Waals surface area contributed by atoms with E-state index in [-0.39, 0.29) is 10.8 Å². The molecule has 8 aliphatic carbocycles. The molecule has 0 aromatic heterocycles. The summed E-state index contributed by atoms with van der Waals surface area (Å²) in [5.74, 6) is 1.10. The van der Waals surface area contributed by atoms with Gasteiger partial charge in [-0.3, -0.25) is 9.59 Å². The zero-order valence-electron chi connectivity index (χ0n) is 18.8. The van der Waals surface area contributed by atoms with Crippen molar-refractivity contribution in [3.63, 3.8) is 0 Å². The predicted molar refractivity (Wildman–Crippen MR) is 119 cm³/mol. The van der Waals surface area contributed by atoms with E-state index >= 15 is 0 Å². The van der Waals surface area contributed by atoms with Crippen LogP contribution in [0.3, 0.4) is 0 Å². The summed E-state index contributed by atoms with van der Waals surface area (Å²) in [6.45, 7) is 0. The number of rotatable bonds is 4. The molecule has 0 aliphatic heterocycles. The minimum atomic E-state index is -0.569. The van der Waals surface area contributed by atoms with Crippen LogP contribution in [-0.4, -0.2) is 22.2 Å². The normalized spacial score (nSPS) is 50.0. The summed E-state index contributed by atoms with van der Waals surface area (Å²) in [5, 5.41) is 20.2. The summed E-state index contributed by atoms with van der Waals surface area (Å²) < 4.78 is 0. The van der Waals surface area contributed by atoms with Crippen molar-refractivity contribution in [1.82, 2.24) is 0 Å². The molecule has 8 fully saturated rings. The van der Waals surface area contributed by atoms with Crippen molar-refractivity contribution in [1.29, 1.82) is 0 Å². The van der Waals surface area contributed by atoms with Gasteiger partial charge in [0.15, 0.2) is 0 Å². The van der Waals surface area contributed by atoms with E-state index in [1.165, 1.54) is 24.0 Å². The number of carbonyl (C=O) groups is 2.